The molecule has 0 radical (unpaired) electrons. The lowest BCUT2D eigenvalue weighted by molar-refractivity contribution is 0.00214. The summed E-state index contributed by atoms with van der Waals surface area (Å²) in [6.45, 7) is 34.8. The molecule has 2 N–H and O–H groups in total. The Morgan fingerprint density at radius 2 is 0.952 bits per heavy atom. The van der Waals surface area contributed by atoms with Crippen LogP contribution in [-0.4, -0.2) is 45.2 Å². The zero-order chi connectivity index (χ0) is 31.9. The zero-order valence-corrected chi connectivity index (χ0v) is 29.5. The molecule has 1 aliphatic rings. The zero-order valence-electron chi connectivity index (χ0n) is 29.5. The molecule has 0 aliphatic carbocycles. The van der Waals surface area contributed by atoms with E-state index in [2.05, 4.69) is 119 Å². The van der Waals surface area contributed by atoms with Crippen LogP contribution in [0.25, 0.3) is 0 Å². The van der Waals surface area contributed by atoms with Gasteiger partial charge in [-0.2, -0.15) is 0 Å². The molecular weight excluding hydrogens is 516 g/mol. The molecule has 4 nitrogen and oxygen atoms in total. The molecule has 2 aromatic carbocycles. The molecule has 4 heteroatoms. The average Bonchev–Trinajstić information content (AvgIpc) is 2.83. The minimum atomic E-state index is -0.0952. The number of rotatable bonds is 8. The van der Waals surface area contributed by atoms with Crippen LogP contribution in [0.1, 0.15) is 127 Å². The van der Waals surface area contributed by atoms with Gasteiger partial charge in [-0.3, -0.25) is 9.80 Å². The first kappa shape index (κ1) is 34.5. The highest BCUT2D eigenvalue weighted by molar-refractivity contribution is 5.52. The van der Waals surface area contributed by atoms with Gasteiger partial charge in [0.2, 0.25) is 0 Å². The van der Waals surface area contributed by atoms with Crippen molar-refractivity contribution in [2.75, 3.05) is 13.1 Å². The van der Waals surface area contributed by atoms with Crippen molar-refractivity contribution in [3.63, 3.8) is 0 Å². The maximum atomic E-state index is 11.3. The predicted octanol–water partition coefficient (Wildman–Crippen LogP) is 9.07. The van der Waals surface area contributed by atoms with Gasteiger partial charge in [-0.1, -0.05) is 81.4 Å². The minimum absolute atomic E-state index is 0.0952. The Morgan fingerprint density at radius 3 is 1.21 bits per heavy atom. The number of phenols is 2. The molecule has 2 unspecified atom stereocenters. The van der Waals surface area contributed by atoms with E-state index < -0.39 is 0 Å². The van der Waals surface area contributed by atoms with E-state index >= 15 is 0 Å². The summed E-state index contributed by atoms with van der Waals surface area (Å²) in [6, 6.07) is 5.30. The van der Waals surface area contributed by atoms with Crippen molar-refractivity contribution in [2.24, 2.45) is 11.8 Å². The lowest BCUT2D eigenvalue weighted by atomic mass is 9.82. The van der Waals surface area contributed by atoms with E-state index in [1.165, 1.54) is 22.3 Å². The van der Waals surface area contributed by atoms with Gasteiger partial charge in [0.1, 0.15) is 11.5 Å². The van der Waals surface area contributed by atoms with Crippen LogP contribution < -0.4 is 0 Å². The van der Waals surface area contributed by atoms with Gasteiger partial charge in [-0.25, -0.2) is 0 Å². The molecular formula is C38H62N2O2. The smallest absolute Gasteiger partial charge is 0.122 e. The molecule has 2 atom stereocenters. The second-order valence-electron chi connectivity index (χ2n) is 16.3. The SMILES string of the molecule is Cc1cc(C(C)(C)C)c(O)c(C)c1CN1CC(CC(C)C)N(Cc2c(C)cc(C(C)(C)C)c(O)c2C)CC1CC(C)C. The highest BCUT2D eigenvalue weighted by Gasteiger charge is 2.36. The summed E-state index contributed by atoms with van der Waals surface area (Å²) in [5.74, 6) is 2.12. The number of aromatic hydroxyl groups is 2. The Kier molecular flexibility index (Phi) is 10.6. The van der Waals surface area contributed by atoms with Crippen LogP contribution in [0.4, 0.5) is 0 Å². The van der Waals surface area contributed by atoms with Gasteiger partial charge in [-0.15, -0.1) is 0 Å². The van der Waals surface area contributed by atoms with E-state index in [0.717, 1.165) is 61.3 Å². The molecule has 2 aromatic rings. The molecule has 1 heterocycles. The van der Waals surface area contributed by atoms with Crippen molar-refractivity contribution >= 4 is 0 Å². The Bertz CT molecular complexity index is 1150. The largest absolute Gasteiger partial charge is 0.507 e. The van der Waals surface area contributed by atoms with Crippen LogP contribution in [0.3, 0.4) is 0 Å². The van der Waals surface area contributed by atoms with Crippen LogP contribution in [0, 0.1) is 39.5 Å². The second kappa shape index (κ2) is 12.9. The third-order valence-corrected chi connectivity index (χ3v) is 9.55. The number of benzene rings is 2. The summed E-state index contributed by atoms with van der Waals surface area (Å²) >= 11 is 0. The average molecular weight is 579 g/mol. The normalized spacial score (nSPS) is 19.3. The molecule has 0 saturated carbocycles. The van der Waals surface area contributed by atoms with E-state index in [9.17, 15) is 10.2 Å². The lowest BCUT2D eigenvalue weighted by Crippen LogP contribution is -2.58. The first-order chi connectivity index (χ1) is 19.2. The molecule has 0 aromatic heterocycles. The Hall–Kier alpha value is -2.04. The first-order valence-corrected chi connectivity index (χ1v) is 16.3. The highest BCUT2D eigenvalue weighted by Crippen LogP contribution is 2.39. The molecule has 1 fully saturated rings. The highest BCUT2D eigenvalue weighted by atomic mass is 16.3. The summed E-state index contributed by atoms with van der Waals surface area (Å²) in [5.41, 5.74) is 9.07. The third kappa shape index (κ3) is 7.72. The summed E-state index contributed by atoms with van der Waals surface area (Å²) in [7, 11) is 0. The van der Waals surface area contributed by atoms with E-state index in [-0.39, 0.29) is 10.8 Å². The molecule has 1 aliphatic heterocycles. The second-order valence-corrected chi connectivity index (χ2v) is 16.3. The molecule has 0 amide bonds. The van der Waals surface area contributed by atoms with Crippen molar-refractivity contribution in [1.29, 1.82) is 0 Å². The van der Waals surface area contributed by atoms with Crippen LogP contribution >= 0.6 is 0 Å². The molecule has 1 saturated heterocycles. The quantitative estimate of drug-likeness (QED) is 0.328. The summed E-state index contributed by atoms with van der Waals surface area (Å²) in [4.78, 5) is 5.43. The van der Waals surface area contributed by atoms with Gasteiger partial charge in [0.05, 0.1) is 0 Å². The van der Waals surface area contributed by atoms with Crippen LogP contribution in [0.5, 0.6) is 11.5 Å². The third-order valence-electron chi connectivity index (χ3n) is 9.55. The van der Waals surface area contributed by atoms with Crippen molar-refractivity contribution in [3.8, 4) is 11.5 Å². The monoisotopic (exact) mass is 578 g/mol. The maximum absolute atomic E-state index is 11.3. The topological polar surface area (TPSA) is 46.9 Å². The number of aryl methyl sites for hydroxylation is 2. The van der Waals surface area contributed by atoms with Crippen molar-refractivity contribution in [2.45, 2.75) is 146 Å². The Balaban J connectivity index is 2.01. The fourth-order valence-corrected chi connectivity index (χ4v) is 7.05. The molecule has 0 bridgehead atoms. The van der Waals surface area contributed by atoms with Gasteiger partial charge >= 0.3 is 0 Å². The molecule has 0 spiro atoms. The number of piperazine rings is 1. The van der Waals surface area contributed by atoms with Gasteiger partial charge in [0, 0.05) is 38.3 Å². The number of hydrogen-bond acceptors (Lipinski definition) is 4. The minimum Gasteiger partial charge on any atom is -0.507 e. The van der Waals surface area contributed by atoms with E-state index in [1.54, 1.807) is 0 Å². The summed E-state index contributed by atoms with van der Waals surface area (Å²) < 4.78 is 0. The van der Waals surface area contributed by atoms with Gasteiger partial charge < -0.3 is 10.2 Å². The van der Waals surface area contributed by atoms with Gasteiger partial charge in [-0.05, 0) is 108 Å². The van der Waals surface area contributed by atoms with E-state index in [1.807, 2.05) is 0 Å². The number of hydrogen-bond donors (Lipinski definition) is 2. The number of phenolic OH excluding ortho intramolecular Hbond substituents is 2. The fourth-order valence-electron chi connectivity index (χ4n) is 7.05. The Labute approximate surface area is 258 Å². The van der Waals surface area contributed by atoms with Gasteiger partial charge in [0.25, 0.3) is 0 Å². The van der Waals surface area contributed by atoms with Crippen molar-refractivity contribution in [1.82, 2.24) is 9.80 Å². The Morgan fingerprint density at radius 1 is 0.643 bits per heavy atom. The lowest BCUT2D eigenvalue weighted by Gasteiger charge is -2.48. The predicted molar refractivity (Wildman–Crippen MR) is 180 cm³/mol. The standard InChI is InChI=1S/C38H62N2O2/c1-23(2)15-29-19-40(22-32-26(6)18-34(38(12,13)14)36(42)28(32)8)30(16-24(3)4)20-39(29)21-31-25(5)17-33(37(9,10)11)35(41)27(31)7/h17-18,23-24,29-30,41-42H,15-16,19-22H2,1-14H3. The molecule has 236 valence electrons. The van der Waals surface area contributed by atoms with Crippen LogP contribution in [0.2, 0.25) is 0 Å². The maximum Gasteiger partial charge on any atom is 0.122 e. The first-order valence-electron chi connectivity index (χ1n) is 16.3. The van der Waals surface area contributed by atoms with E-state index in [4.69, 9.17) is 0 Å². The van der Waals surface area contributed by atoms with Crippen molar-refractivity contribution < 1.29 is 10.2 Å². The van der Waals surface area contributed by atoms with Crippen molar-refractivity contribution in [3.05, 3.63) is 56.6 Å². The van der Waals surface area contributed by atoms with E-state index in [0.29, 0.717) is 35.4 Å². The summed E-state index contributed by atoms with van der Waals surface area (Å²) in [5, 5.41) is 22.5. The van der Waals surface area contributed by atoms with Gasteiger partial charge in [0.15, 0.2) is 0 Å². The summed E-state index contributed by atoms with van der Waals surface area (Å²) in [6.07, 6.45) is 2.28. The molecule has 42 heavy (non-hydrogen) atoms. The molecule has 3 rings (SSSR count). The van der Waals surface area contributed by atoms with Crippen LogP contribution in [-0.2, 0) is 23.9 Å². The number of nitrogens with zero attached hydrogens (tertiary/aromatic N) is 2. The van der Waals surface area contributed by atoms with Crippen LogP contribution in [0.15, 0.2) is 12.1 Å². The fraction of sp³-hybridized carbons (Fsp3) is 0.684.